The Kier molecular flexibility index (Phi) is 5.27. The number of hydrogen-bond donors (Lipinski definition) is 0. The van der Waals surface area contributed by atoms with Gasteiger partial charge < -0.3 is 9.64 Å². The van der Waals surface area contributed by atoms with E-state index in [1.807, 2.05) is 7.05 Å². The molecule has 1 aromatic carbocycles. The molecule has 0 aromatic heterocycles. The summed E-state index contributed by atoms with van der Waals surface area (Å²) < 4.78 is 4.80. The maximum atomic E-state index is 11.1. The first kappa shape index (κ1) is 13.3. The minimum absolute atomic E-state index is 0.287. The van der Waals surface area contributed by atoms with Gasteiger partial charge in [0.15, 0.2) is 0 Å². The van der Waals surface area contributed by atoms with Crippen molar-refractivity contribution in [3.63, 3.8) is 0 Å². The molecule has 0 unspecified atom stereocenters. The molecule has 0 N–H and O–H groups in total. The van der Waals surface area contributed by atoms with Crippen molar-refractivity contribution >= 4 is 11.7 Å². The summed E-state index contributed by atoms with van der Waals surface area (Å²) in [6, 6.07) is 8.27. The van der Waals surface area contributed by atoms with Crippen molar-refractivity contribution in [2.75, 3.05) is 25.1 Å². The van der Waals surface area contributed by atoms with Gasteiger partial charge in [-0.25, -0.2) is 4.79 Å². The van der Waals surface area contributed by atoms with E-state index in [4.69, 9.17) is 4.74 Å². The quantitative estimate of drug-likeness (QED) is 0.578. The number of anilines is 1. The zero-order valence-electron chi connectivity index (χ0n) is 10.6. The molecule has 3 heteroatoms. The second-order valence-corrected chi connectivity index (χ2v) is 3.87. The Hall–Kier alpha value is -1.77. The van der Waals surface area contributed by atoms with Crippen LogP contribution < -0.4 is 4.90 Å². The molecule has 92 valence electrons. The Morgan fingerprint density at radius 3 is 2.59 bits per heavy atom. The van der Waals surface area contributed by atoms with Crippen molar-refractivity contribution < 1.29 is 9.53 Å². The van der Waals surface area contributed by atoms with Crippen LogP contribution in [-0.4, -0.2) is 26.2 Å². The van der Waals surface area contributed by atoms with E-state index in [0.29, 0.717) is 13.2 Å². The Balaban J connectivity index is 2.47. The molecule has 0 saturated carbocycles. The largest absolute Gasteiger partial charge is 0.463 e. The van der Waals surface area contributed by atoms with Crippen molar-refractivity contribution in [3.8, 4) is 0 Å². The second-order valence-electron chi connectivity index (χ2n) is 3.87. The lowest BCUT2D eigenvalue weighted by atomic mass is 10.2. The van der Waals surface area contributed by atoms with Crippen molar-refractivity contribution in [1.82, 2.24) is 0 Å². The molecule has 0 fully saturated rings. The Morgan fingerprint density at radius 1 is 1.35 bits per heavy atom. The van der Waals surface area contributed by atoms with Crippen molar-refractivity contribution in [2.45, 2.75) is 13.8 Å². The zero-order valence-corrected chi connectivity index (χ0v) is 10.6. The summed E-state index contributed by atoms with van der Waals surface area (Å²) in [5, 5.41) is 0. The van der Waals surface area contributed by atoms with E-state index in [0.717, 1.165) is 5.69 Å². The lowest BCUT2D eigenvalue weighted by Crippen LogP contribution is -2.17. The predicted octanol–water partition coefficient (Wildman–Crippen LogP) is 2.55. The maximum Gasteiger partial charge on any atom is 0.330 e. The van der Waals surface area contributed by atoms with Crippen LogP contribution in [0.15, 0.2) is 36.4 Å². The van der Waals surface area contributed by atoms with Crippen LogP contribution in [0.3, 0.4) is 0 Å². The topological polar surface area (TPSA) is 29.5 Å². The number of carbonyl (C=O) groups excluding carboxylic acids is 1. The zero-order chi connectivity index (χ0) is 12.7. The lowest BCUT2D eigenvalue weighted by molar-refractivity contribution is -0.137. The van der Waals surface area contributed by atoms with Crippen LogP contribution in [0.25, 0.3) is 0 Å². The molecule has 0 amide bonds. The van der Waals surface area contributed by atoms with Crippen LogP contribution >= 0.6 is 0 Å². The molecular weight excluding hydrogens is 214 g/mol. The molecule has 1 rings (SSSR count). The second kappa shape index (κ2) is 6.74. The number of esters is 1. The minimum atomic E-state index is -0.287. The van der Waals surface area contributed by atoms with Crippen LogP contribution in [-0.2, 0) is 9.53 Å². The van der Waals surface area contributed by atoms with E-state index in [2.05, 4.69) is 36.1 Å². The monoisotopic (exact) mass is 233 g/mol. The first-order valence-electron chi connectivity index (χ1n) is 5.74. The molecular formula is C14H19NO2. The summed E-state index contributed by atoms with van der Waals surface area (Å²) in [5.74, 6) is -0.287. The van der Waals surface area contributed by atoms with Gasteiger partial charge in [-0.1, -0.05) is 23.8 Å². The van der Waals surface area contributed by atoms with E-state index < -0.39 is 0 Å². The summed E-state index contributed by atoms with van der Waals surface area (Å²) >= 11 is 0. The maximum absolute atomic E-state index is 11.1. The van der Waals surface area contributed by atoms with Crippen LogP contribution in [0.4, 0.5) is 5.69 Å². The fraction of sp³-hybridized carbons (Fsp3) is 0.357. The molecule has 0 radical (unpaired) electrons. The van der Waals surface area contributed by atoms with Gasteiger partial charge in [0.2, 0.25) is 0 Å². The molecule has 0 heterocycles. The van der Waals surface area contributed by atoms with Crippen molar-refractivity contribution in [1.29, 1.82) is 0 Å². The smallest absolute Gasteiger partial charge is 0.330 e. The highest BCUT2D eigenvalue weighted by Gasteiger charge is 1.98. The van der Waals surface area contributed by atoms with Crippen LogP contribution in [0, 0.1) is 6.92 Å². The first-order valence-corrected chi connectivity index (χ1v) is 5.74. The average molecular weight is 233 g/mol. The van der Waals surface area contributed by atoms with Crippen LogP contribution in [0.5, 0.6) is 0 Å². The highest BCUT2D eigenvalue weighted by Crippen LogP contribution is 2.12. The molecule has 17 heavy (non-hydrogen) atoms. The number of benzene rings is 1. The summed E-state index contributed by atoms with van der Waals surface area (Å²) in [5.41, 5.74) is 2.37. The number of ether oxygens (including phenoxy) is 1. The fourth-order valence-electron chi connectivity index (χ4n) is 1.40. The number of aryl methyl sites for hydroxylation is 1. The number of hydrogen-bond acceptors (Lipinski definition) is 3. The molecule has 0 aliphatic heterocycles. The van der Waals surface area contributed by atoms with Gasteiger partial charge in [-0.15, -0.1) is 0 Å². The van der Waals surface area contributed by atoms with Gasteiger partial charge in [0.05, 0.1) is 6.61 Å². The predicted molar refractivity (Wildman–Crippen MR) is 70.2 cm³/mol. The van der Waals surface area contributed by atoms with Crippen LogP contribution in [0.2, 0.25) is 0 Å². The van der Waals surface area contributed by atoms with Crippen molar-refractivity contribution in [3.05, 3.63) is 42.0 Å². The highest BCUT2D eigenvalue weighted by atomic mass is 16.5. The van der Waals surface area contributed by atoms with Gasteiger partial charge >= 0.3 is 5.97 Å². The van der Waals surface area contributed by atoms with Gasteiger partial charge in [-0.05, 0) is 26.0 Å². The number of carbonyl (C=O) groups is 1. The normalized spacial score (nSPS) is 10.5. The Morgan fingerprint density at radius 2 is 2.00 bits per heavy atom. The van der Waals surface area contributed by atoms with E-state index in [-0.39, 0.29) is 5.97 Å². The molecule has 1 aromatic rings. The molecule has 0 bridgehead atoms. The summed E-state index contributed by atoms with van der Waals surface area (Å²) in [4.78, 5) is 13.1. The van der Waals surface area contributed by atoms with Crippen molar-refractivity contribution in [2.24, 2.45) is 0 Å². The molecule has 0 spiro atoms. The molecule has 0 aliphatic rings. The third-order valence-corrected chi connectivity index (χ3v) is 2.39. The number of nitrogens with zero attached hydrogens (tertiary/aromatic N) is 1. The molecule has 3 nitrogen and oxygen atoms in total. The van der Waals surface area contributed by atoms with E-state index in [1.165, 1.54) is 11.6 Å². The molecule has 0 saturated heterocycles. The van der Waals surface area contributed by atoms with E-state index >= 15 is 0 Å². The standard InChI is InChI=1S/C14H19NO2/c1-4-17-14(16)6-5-11-15(3)13-9-7-12(2)8-10-13/h5-10H,4,11H2,1-3H3/b6-5+. The molecule has 0 atom stereocenters. The Labute approximate surface area is 103 Å². The van der Waals surface area contributed by atoms with E-state index in [9.17, 15) is 4.79 Å². The van der Waals surface area contributed by atoms with Gasteiger partial charge in [-0.2, -0.15) is 0 Å². The minimum Gasteiger partial charge on any atom is -0.463 e. The summed E-state index contributed by atoms with van der Waals surface area (Å²) in [6.07, 6.45) is 3.27. The number of likely N-dealkylation sites (N-methyl/N-ethyl adjacent to an activating group) is 1. The SMILES string of the molecule is CCOC(=O)/C=C/CN(C)c1ccc(C)cc1. The third-order valence-electron chi connectivity index (χ3n) is 2.39. The average Bonchev–Trinajstić information content (AvgIpc) is 2.30. The Bertz CT molecular complexity index is 382. The highest BCUT2D eigenvalue weighted by molar-refractivity contribution is 5.81. The van der Waals surface area contributed by atoms with Gasteiger partial charge in [-0.3, -0.25) is 0 Å². The summed E-state index contributed by atoms with van der Waals surface area (Å²) in [7, 11) is 1.99. The van der Waals surface area contributed by atoms with Crippen LogP contribution in [0.1, 0.15) is 12.5 Å². The molecule has 0 aliphatic carbocycles. The third kappa shape index (κ3) is 4.72. The summed E-state index contributed by atoms with van der Waals surface area (Å²) in [6.45, 7) is 4.95. The number of rotatable bonds is 5. The first-order chi connectivity index (χ1) is 8.13. The van der Waals surface area contributed by atoms with Gasteiger partial charge in [0.1, 0.15) is 0 Å². The fourth-order valence-corrected chi connectivity index (χ4v) is 1.40. The van der Waals surface area contributed by atoms with Gasteiger partial charge in [0, 0.05) is 25.4 Å². The lowest BCUT2D eigenvalue weighted by Gasteiger charge is -2.17. The van der Waals surface area contributed by atoms with E-state index in [1.54, 1.807) is 13.0 Å². The van der Waals surface area contributed by atoms with Gasteiger partial charge in [0.25, 0.3) is 0 Å².